The Kier molecular flexibility index (Phi) is 9.99. The lowest BCUT2D eigenvalue weighted by Gasteiger charge is -2.34. The van der Waals surface area contributed by atoms with Gasteiger partial charge in [0.15, 0.2) is 0 Å². The van der Waals surface area contributed by atoms with Gasteiger partial charge in [-0.25, -0.2) is 17.7 Å². The Hall–Kier alpha value is -0.880. The van der Waals surface area contributed by atoms with Gasteiger partial charge in [-0.3, -0.25) is 4.79 Å². The van der Waals surface area contributed by atoms with E-state index in [-0.39, 0.29) is 11.8 Å². The topological polar surface area (TPSA) is 73.8 Å². The summed E-state index contributed by atoms with van der Waals surface area (Å²) in [6.45, 7) is 4.35. The molecule has 2 saturated heterocycles. The molecule has 0 saturated carbocycles. The molecule has 1 aromatic carbocycles. The summed E-state index contributed by atoms with van der Waals surface area (Å²) in [7, 11) is -3.24. The monoisotopic (exact) mass is 590 g/mol. The van der Waals surface area contributed by atoms with Crippen molar-refractivity contribution in [3.8, 4) is 0 Å². The molecule has 0 bridgehead atoms. The molecule has 2 aromatic rings. The van der Waals surface area contributed by atoms with Gasteiger partial charge in [-0.1, -0.05) is 35.0 Å². The predicted octanol–water partition coefficient (Wildman–Crippen LogP) is 5.10. The predicted molar refractivity (Wildman–Crippen MR) is 150 cm³/mol. The first-order chi connectivity index (χ1) is 17.2. The zero-order valence-electron chi connectivity index (χ0n) is 20.3. The van der Waals surface area contributed by atoms with Crippen LogP contribution >= 0.6 is 46.3 Å². The van der Waals surface area contributed by atoms with Gasteiger partial charge in [0.1, 0.15) is 4.34 Å². The van der Waals surface area contributed by atoms with Crippen LogP contribution in [0.3, 0.4) is 0 Å². The van der Waals surface area contributed by atoms with Crippen LogP contribution in [0.1, 0.15) is 32.1 Å². The lowest BCUT2D eigenvalue weighted by molar-refractivity contribution is -0.123. The quantitative estimate of drug-likeness (QED) is 0.404. The maximum atomic E-state index is 13.6. The molecule has 0 N–H and O–H groups in total. The zero-order chi connectivity index (χ0) is 25.7. The van der Waals surface area contributed by atoms with Gasteiger partial charge in [-0.2, -0.15) is 0 Å². The minimum absolute atomic E-state index is 0.0279. The van der Waals surface area contributed by atoms with Crippen LogP contribution in [-0.4, -0.2) is 79.3 Å². The number of anilines is 1. The van der Waals surface area contributed by atoms with Crippen molar-refractivity contribution in [3.63, 3.8) is 0 Å². The third kappa shape index (κ3) is 7.58. The number of thioether (sulfide) groups is 1. The molecule has 198 valence electrons. The Morgan fingerprint density at radius 1 is 1.14 bits per heavy atom. The standard InChI is InChI=1S/C24H32Cl2N4O3S3/c1-36(32,33)29-14-5-18(6-15-29)23(31)30(19-3-4-21(25)22(26)17-19)11-2-10-28-12-7-20(8-13-28)35-24-27-9-16-34-24/h3-4,9,16-18,20H,2,5-8,10-15H2,1H3. The largest absolute Gasteiger partial charge is 0.312 e. The first-order valence-corrected chi connectivity index (χ1v) is 16.6. The van der Waals surface area contributed by atoms with E-state index in [4.69, 9.17) is 23.2 Å². The Morgan fingerprint density at radius 2 is 1.86 bits per heavy atom. The molecule has 36 heavy (non-hydrogen) atoms. The van der Waals surface area contributed by atoms with E-state index in [2.05, 4.69) is 9.88 Å². The fraction of sp³-hybridized carbons (Fsp3) is 0.583. The minimum atomic E-state index is -3.24. The molecule has 0 unspecified atom stereocenters. The van der Waals surface area contributed by atoms with Crippen LogP contribution in [-0.2, 0) is 14.8 Å². The fourth-order valence-electron chi connectivity index (χ4n) is 4.79. The number of hydrogen-bond acceptors (Lipinski definition) is 7. The average Bonchev–Trinajstić information content (AvgIpc) is 3.37. The summed E-state index contributed by atoms with van der Waals surface area (Å²) in [6, 6.07) is 5.30. The number of nitrogens with zero attached hydrogens (tertiary/aromatic N) is 4. The second-order valence-electron chi connectivity index (χ2n) is 9.34. The summed E-state index contributed by atoms with van der Waals surface area (Å²) >= 11 is 16.0. The van der Waals surface area contributed by atoms with Crippen molar-refractivity contribution in [3.05, 3.63) is 39.8 Å². The molecule has 0 radical (unpaired) electrons. The molecule has 7 nitrogen and oxygen atoms in total. The lowest BCUT2D eigenvalue weighted by atomic mass is 9.96. The van der Waals surface area contributed by atoms with Gasteiger partial charge < -0.3 is 9.80 Å². The molecule has 4 rings (SSSR count). The Labute approximate surface area is 232 Å². The van der Waals surface area contributed by atoms with Crippen LogP contribution in [0.15, 0.2) is 34.1 Å². The molecule has 2 aliphatic heterocycles. The minimum Gasteiger partial charge on any atom is -0.312 e. The van der Waals surface area contributed by atoms with Gasteiger partial charge in [0, 0.05) is 48.1 Å². The second kappa shape index (κ2) is 12.8. The molecule has 2 fully saturated rings. The highest BCUT2D eigenvalue weighted by Crippen LogP contribution is 2.32. The van der Waals surface area contributed by atoms with Crippen molar-refractivity contribution in [1.29, 1.82) is 0 Å². The molecular weight excluding hydrogens is 559 g/mol. The van der Waals surface area contributed by atoms with Gasteiger partial charge >= 0.3 is 0 Å². The third-order valence-corrected chi connectivity index (χ3v) is 11.1. The highest BCUT2D eigenvalue weighted by Gasteiger charge is 2.32. The molecule has 1 amide bonds. The van der Waals surface area contributed by atoms with Crippen LogP contribution < -0.4 is 4.90 Å². The number of aromatic nitrogens is 1. The summed E-state index contributed by atoms with van der Waals surface area (Å²) in [5.74, 6) is -0.184. The van der Waals surface area contributed by atoms with E-state index >= 15 is 0 Å². The number of halogens is 2. The van der Waals surface area contributed by atoms with Crippen molar-refractivity contribution < 1.29 is 13.2 Å². The van der Waals surface area contributed by atoms with Gasteiger partial charge in [0.05, 0.1) is 16.3 Å². The van der Waals surface area contributed by atoms with Gasteiger partial charge in [-0.05, 0) is 69.9 Å². The number of carbonyl (C=O) groups is 1. The summed E-state index contributed by atoms with van der Waals surface area (Å²) < 4.78 is 26.3. The summed E-state index contributed by atoms with van der Waals surface area (Å²) in [5.41, 5.74) is 0.735. The first kappa shape index (κ1) is 28.1. The number of rotatable bonds is 9. The molecule has 3 heterocycles. The second-order valence-corrected chi connectivity index (χ2v) is 14.6. The number of piperidine rings is 2. The number of likely N-dealkylation sites (tertiary alicyclic amines) is 1. The van der Waals surface area contributed by atoms with Gasteiger partial charge in [0.2, 0.25) is 15.9 Å². The number of sulfonamides is 1. The fourth-order valence-corrected chi connectivity index (χ4v) is 7.97. The van der Waals surface area contributed by atoms with E-state index in [9.17, 15) is 13.2 Å². The van der Waals surface area contributed by atoms with E-state index in [0.717, 1.165) is 48.9 Å². The van der Waals surface area contributed by atoms with Crippen LogP contribution in [0.4, 0.5) is 5.69 Å². The highest BCUT2D eigenvalue weighted by molar-refractivity contribution is 8.01. The number of benzene rings is 1. The van der Waals surface area contributed by atoms with Crippen LogP contribution in [0.25, 0.3) is 0 Å². The Bertz CT molecular complexity index is 1120. The molecule has 0 aliphatic carbocycles. The van der Waals surface area contributed by atoms with Crippen molar-refractivity contribution in [2.24, 2.45) is 5.92 Å². The van der Waals surface area contributed by atoms with Gasteiger partial charge in [-0.15, -0.1) is 11.3 Å². The number of hydrogen-bond donors (Lipinski definition) is 0. The summed E-state index contributed by atoms with van der Waals surface area (Å²) in [5, 5.41) is 3.50. The van der Waals surface area contributed by atoms with Crippen LogP contribution in [0.2, 0.25) is 10.0 Å². The maximum Gasteiger partial charge on any atom is 0.230 e. The Morgan fingerprint density at radius 3 is 2.47 bits per heavy atom. The molecule has 2 aliphatic rings. The molecular formula is C24H32Cl2N4O3S3. The van der Waals surface area contributed by atoms with E-state index in [1.54, 1.807) is 23.5 Å². The van der Waals surface area contributed by atoms with Crippen LogP contribution in [0, 0.1) is 5.92 Å². The molecule has 12 heteroatoms. The summed E-state index contributed by atoms with van der Waals surface area (Å²) in [6.07, 6.45) is 7.24. The van der Waals surface area contributed by atoms with Crippen molar-refractivity contribution in [2.45, 2.75) is 41.7 Å². The average molecular weight is 592 g/mol. The normalized spacial score (nSPS) is 19.0. The van der Waals surface area contributed by atoms with Crippen molar-refractivity contribution in [2.75, 3.05) is 50.4 Å². The summed E-state index contributed by atoms with van der Waals surface area (Å²) in [4.78, 5) is 22.3. The van der Waals surface area contributed by atoms with E-state index in [1.807, 2.05) is 34.3 Å². The molecule has 0 atom stereocenters. The first-order valence-electron chi connectivity index (χ1n) is 12.2. The van der Waals surface area contributed by atoms with E-state index < -0.39 is 10.0 Å². The number of carbonyl (C=O) groups excluding carboxylic acids is 1. The Balaban J connectivity index is 1.33. The van der Waals surface area contributed by atoms with Crippen molar-refractivity contribution in [1.82, 2.24) is 14.2 Å². The SMILES string of the molecule is CS(=O)(=O)N1CCC(C(=O)N(CCCN2CCC(Sc3nccs3)CC2)c2ccc(Cl)c(Cl)c2)CC1. The maximum absolute atomic E-state index is 13.6. The highest BCUT2D eigenvalue weighted by atomic mass is 35.5. The molecule has 1 aromatic heterocycles. The zero-order valence-corrected chi connectivity index (χ0v) is 24.3. The van der Waals surface area contributed by atoms with Crippen LogP contribution in [0.5, 0.6) is 0 Å². The molecule has 0 spiro atoms. The van der Waals surface area contributed by atoms with E-state index in [0.29, 0.717) is 47.8 Å². The van der Waals surface area contributed by atoms with Gasteiger partial charge in [0.25, 0.3) is 0 Å². The lowest BCUT2D eigenvalue weighted by Crippen LogP contribution is -2.45. The number of amides is 1. The van der Waals surface area contributed by atoms with Crippen molar-refractivity contribution >= 4 is 67.9 Å². The third-order valence-electron chi connectivity index (χ3n) is 6.82. The smallest absolute Gasteiger partial charge is 0.230 e. The van der Waals surface area contributed by atoms with E-state index in [1.165, 1.54) is 10.6 Å². The number of thiazole rings is 1.